The lowest BCUT2D eigenvalue weighted by molar-refractivity contribution is -0.385. The van der Waals surface area contributed by atoms with Gasteiger partial charge in [-0.3, -0.25) is 10.1 Å². The molecule has 0 unspecified atom stereocenters. The second-order valence-electron chi connectivity index (χ2n) is 3.97. The summed E-state index contributed by atoms with van der Waals surface area (Å²) in [6.07, 6.45) is -0.212. The molecule has 0 N–H and O–H groups in total. The second-order valence-corrected chi connectivity index (χ2v) is 3.97. The van der Waals surface area contributed by atoms with E-state index in [-0.39, 0.29) is 23.0 Å². The first-order chi connectivity index (χ1) is 8.40. The summed E-state index contributed by atoms with van der Waals surface area (Å²) in [6, 6.07) is 2.38. The van der Waals surface area contributed by atoms with Gasteiger partial charge in [-0.1, -0.05) is 0 Å². The highest BCUT2D eigenvalue weighted by atomic mass is 16.6. The number of rotatable bonds is 3. The summed E-state index contributed by atoms with van der Waals surface area (Å²) >= 11 is 0. The Bertz CT molecular complexity index is 563. The van der Waals surface area contributed by atoms with Crippen LogP contribution in [0.15, 0.2) is 12.1 Å². The summed E-state index contributed by atoms with van der Waals surface area (Å²) in [5.41, 5.74) is -0.940. The van der Waals surface area contributed by atoms with Gasteiger partial charge in [0, 0.05) is 0 Å². The van der Waals surface area contributed by atoms with E-state index in [1.54, 1.807) is 13.8 Å². The Balaban J connectivity index is 2.62. The van der Waals surface area contributed by atoms with Gasteiger partial charge in [0.1, 0.15) is 5.75 Å². The molecular formula is C11H9NO6. The van der Waals surface area contributed by atoms with Crippen molar-refractivity contribution in [3.05, 3.63) is 33.4 Å². The van der Waals surface area contributed by atoms with Crippen molar-refractivity contribution in [1.29, 1.82) is 0 Å². The number of benzene rings is 1. The van der Waals surface area contributed by atoms with Crippen LogP contribution in [0.25, 0.3) is 0 Å². The molecule has 0 bridgehead atoms. The Kier molecular flexibility index (Phi) is 2.74. The van der Waals surface area contributed by atoms with E-state index in [4.69, 9.17) is 4.74 Å². The standard InChI is InChI=1S/C11H9NO6/c1-5(2)17-6-3-7-9(8(4-6)12(15)16)11(14)18-10(7)13/h3-5H,1-2H3. The summed E-state index contributed by atoms with van der Waals surface area (Å²) in [7, 11) is 0. The molecule has 0 fully saturated rings. The van der Waals surface area contributed by atoms with Crippen molar-refractivity contribution in [2.45, 2.75) is 20.0 Å². The van der Waals surface area contributed by atoms with Crippen LogP contribution >= 0.6 is 0 Å². The van der Waals surface area contributed by atoms with Gasteiger partial charge in [0.15, 0.2) is 5.56 Å². The Hall–Kier alpha value is -2.44. The number of fused-ring (bicyclic) bond motifs is 1. The molecule has 1 aromatic rings. The SMILES string of the molecule is CC(C)Oc1cc2c(c([N+](=O)[O-])c1)C(=O)OC2=O. The molecule has 1 heterocycles. The highest BCUT2D eigenvalue weighted by Crippen LogP contribution is 2.33. The molecule has 0 saturated carbocycles. The number of hydrogen-bond acceptors (Lipinski definition) is 6. The molecule has 94 valence electrons. The lowest BCUT2D eigenvalue weighted by Crippen LogP contribution is -2.07. The van der Waals surface area contributed by atoms with Crippen molar-refractivity contribution in [1.82, 2.24) is 0 Å². The number of cyclic esters (lactones) is 2. The summed E-state index contributed by atoms with van der Waals surface area (Å²) < 4.78 is 9.63. The third-order valence-electron chi connectivity index (χ3n) is 2.27. The largest absolute Gasteiger partial charge is 0.491 e. The van der Waals surface area contributed by atoms with Gasteiger partial charge < -0.3 is 9.47 Å². The topological polar surface area (TPSA) is 95.7 Å². The normalized spacial score (nSPS) is 13.5. The fourth-order valence-corrected chi connectivity index (χ4v) is 1.65. The predicted octanol–water partition coefficient (Wildman–Crippen LogP) is 1.69. The maximum Gasteiger partial charge on any atom is 0.353 e. The summed E-state index contributed by atoms with van der Waals surface area (Å²) in [5, 5.41) is 10.9. The van der Waals surface area contributed by atoms with Crippen LogP contribution in [0, 0.1) is 10.1 Å². The van der Waals surface area contributed by atoms with E-state index < -0.39 is 22.5 Å². The molecule has 0 aliphatic carbocycles. The molecule has 7 nitrogen and oxygen atoms in total. The lowest BCUT2D eigenvalue weighted by Gasteiger charge is -2.09. The monoisotopic (exact) mass is 251 g/mol. The van der Waals surface area contributed by atoms with E-state index in [2.05, 4.69) is 4.74 Å². The maximum absolute atomic E-state index is 11.4. The molecule has 0 saturated heterocycles. The minimum Gasteiger partial charge on any atom is -0.491 e. The van der Waals surface area contributed by atoms with Crippen molar-refractivity contribution in [3.63, 3.8) is 0 Å². The number of ether oxygens (including phenoxy) is 2. The highest BCUT2D eigenvalue weighted by Gasteiger charge is 2.38. The van der Waals surface area contributed by atoms with Gasteiger partial charge in [0.05, 0.1) is 22.7 Å². The van der Waals surface area contributed by atoms with Gasteiger partial charge in [-0.05, 0) is 19.9 Å². The number of esters is 2. The predicted molar refractivity (Wildman–Crippen MR) is 58.6 cm³/mol. The first-order valence-electron chi connectivity index (χ1n) is 5.15. The van der Waals surface area contributed by atoms with Gasteiger partial charge in [-0.25, -0.2) is 9.59 Å². The molecule has 0 spiro atoms. The van der Waals surface area contributed by atoms with E-state index in [1.807, 2.05) is 0 Å². The molecule has 0 aromatic heterocycles. The van der Waals surface area contributed by atoms with Crippen LogP contribution in [-0.2, 0) is 4.74 Å². The van der Waals surface area contributed by atoms with E-state index in [1.165, 1.54) is 6.07 Å². The van der Waals surface area contributed by atoms with Crippen molar-refractivity contribution >= 4 is 17.6 Å². The molecular weight excluding hydrogens is 242 g/mol. The molecule has 1 aliphatic heterocycles. The second kappa shape index (κ2) is 4.10. The van der Waals surface area contributed by atoms with Crippen LogP contribution in [0.2, 0.25) is 0 Å². The number of carbonyl (C=O) groups is 2. The quantitative estimate of drug-likeness (QED) is 0.351. The number of nitro groups is 1. The minimum atomic E-state index is -1.00. The van der Waals surface area contributed by atoms with Crippen molar-refractivity contribution in [2.24, 2.45) is 0 Å². The number of nitro benzene ring substituents is 1. The van der Waals surface area contributed by atoms with Gasteiger partial charge in [-0.15, -0.1) is 0 Å². The summed E-state index contributed by atoms with van der Waals surface area (Å²) in [4.78, 5) is 32.9. The molecule has 18 heavy (non-hydrogen) atoms. The van der Waals surface area contributed by atoms with E-state index in [0.29, 0.717) is 0 Å². The molecule has 0 amide bonds. The number of carbonyl (C=O) groups excluding carboxylic acids is 2. The smallest absolute Gasteiger partial charge is 0.353 e. The number of nitrogens with zero attached hydrogens (tertiary/aromatic N) is 1. The zero-order valence-corrected chi connectivity index (χ0v) is 9.63. The van der Waals surface area contributed by atoms with Gasteiger partial charge >= 0.3 is 11.9 Å². The van der Waals surface area contributed by atoms with Crippen LogP contribution in [0.4, 0.5) is 5.69 Å². The highest BCUT2D eigenvalue weighted by molar-refractivity contribution is 6.17. The maximum atomic E-state index is 11.4. The number of hydrogen-bond donors (Lipinski definition) is 0. The van der Waals surface area contributed by atoms with E-state index >= 15 is 0 Å². The van der Waals surface area contributed by atoms with Gasteiger partial charge in [0.2, 0.25) is 0 Å². The average Bonchev–Trinajstić information content (AvgIpc) is 2.52. The fraction of sp³-hybridized carbons (Fsp3) is 0.273. The Morgan fingerprint density at radius 2 is 1.94 bits per heavy atom. The van der Waals surface area contributed by atoms with Crippen molar-refractivity contribution in [3.8, 4) is 5.75 Å². The van der Waals surface area contributed by atoms with Crippen LogP contribution in [0.5, 0.6) is 5.75 Å². The van der Waals surface area contributed by atoms with E-state index in [9.17, 15) is 19.7 Å². The third-order valence-corrected chi connectivity index (χ3v) is 2.27. The molecule has 2 rings (SSSR count). The molecule has 0 atom stereocenters. The summed E-state index contributed by atoms with van der Waals surface area (Å²) in [6.45, 7) is 3.48. The van der Waals surface area contributed by atoms with Crippen LogP contribution < -0.4 is 4.74 Å². The van der Waals surface area contributed by atoms with E-state index in [0.717, 1.165) is 6.07 Å². The van der Waals surface area contributed by atoms with Crippen molar-refractivity contribution in [2.75, 3.05) is 0 Å². The third kappa shape index (κ3) is 1.90. The molecule has 1 aromatic carbocycles. The van der Waals surface area contributed by atoms with Gasteiger partial charge in [0.25, 0.3) is 5.69 Å². The van der Waals surface area contributed by atoms with Gasteiger partial charge in [-0.2, -0.15) is 0 Å². The zero-order valence-electron chi connectivity index (χ0n) is 9.63. The van der Waals surface area contributed by atoms with Crippen molar-refractivity contribution < 1.29 is 24.0 Å². The van der Waals surface area contributed by atoms with Crippen LogP contribution in [-0.4, -0.2) is 23.0 Å². The zero-order chi connectivity index (χ0) is 13.4. The first-order valence-corrected chi connectivity index (χ1v) is 5.15. The molecule has 7 heteroatoms. The molecule has 1 aliphatic rings. The Morgan fingerprint density at radius 3 is 2.50 bits per heavy atom. The first kappa shape index (κ1) is 12.0. The Morgan fingerprint density at radius 1 is 1.28 bits per heavy atom. The fourth-order valence-electron chi connectivity index (χ4n) is 1.65. The average molecular weight is 251 g/mol. The molecule has 0 radical (unpaired) electrons. The Labute approximate surface area is 101 Å². The van der Waals surface area contributed by atoms with Crippen LogP contribution in [0.3, 0.4) is 0 Å². The minimum absolute atomic E-state index is 0.134. The summed E-state index contributed by atoms with van der Waals surface area (Å²) in [5.74, 6) is -1.74. The van der Waals surface area contributed by atoms with Crippen LogP contribution in [0.1, 0.15) is 34.6 Å². The lowest BCUT2D eigenvalue weighted by atomic mass is 10.1.